The van der Waals surface area contributed by atoms with Gasteiger partial charge in [-0.15, -0.1) is 4.73 Å². The molecule has 26 heavy (non-hydrogen) atoms. The van der Waals surface area contributed by atoms with Gasteiger partial charge in [0.25, 0.3) is 5.56 Å². The molecule has 2 heterocycles. The predicted octanol–water partition coefficient (Wildman–Crippen LogP) is 1.36. The molecule has 0 saturated carbocycles. The first kappa shape index (κ1) is 17.2. The van der Waals surface area contributed by atoms with Gasteiger partial charge in [0.2, 0.25) is 11.8 Å². The Morgan fingerprint density at radius 3 is 2.42 bits per heavy atom. The van der Waals surface area contributed by atoms with Gasteiger partial charge in [-0.2, -0.15) is 0 Å². The molecule has 0 fully saturated rings. The Labute approximate surface area is 147 Å². The number of aromatic hydroxyl groups is 2. The number of aromatic nitrogens is 2. The van der Waals surface area contributed by atoms with E-state index in [1.165, 1.54) is 24.4 Å². The smallest absolute Gasteiger partial charge is 0.337 e. The summed E-state index contributed by atoms with van der Waals surface area (Å²) in [5.74, 6) is -1.64. The highest BCUT2D eigenvalue weighted by Crippen LogP contribution is 2.20. The van der Waals surface area contributed by atoms with Crippen molar-refractivity contribution in [2.24, 2.45) is 0 Å². The molecule has 3 rings (SSSR count). The zero-order chi connectivity index (χ0) is 18.5. The van der Waals surface area contributed by atoms with Crippen LogP contribution in [0, 0.1) is 0 Å². The molecule has 0 amide bonds. The van der Waals surface area contributed by atoms with Crippen LogP contribution in [0.25, 0.3) is 0 Å². The second kappa shape index (κ2) is 7.47. The number of nitrogens with one attached hydrogen (secondary N) is 1. The van der Waals surface area contributed by atoms with Crippen molar-refractivity contribution in [2.75, 3.05) is 0 Å². The third-order valence-electron chi connectivity index (χ3n) is 3.55. The fourth-order valence-electron chi connectivity index (χ4n) is 2.32. The SMILES string of the molecule is O=C(Cc1cc[nH]c(=O)c1OCc1ccccc1)On1c(O)ccc1O. The molecule has 0 saturated heterocycles. The molecule has 0 bridgehead atoms. The van der Waals surface area contributed by atoms with E-state index in [0.717, 1.165) is 5.56 Å². The van der Waals surface area contributed by atoms with Gasteiger partial charge in [-0.25, -0.2) is 4.79 Å². The van der Waals surface area contributed by atoms with Crippen LogP contribution in [0.15, 0.2) is 59.5 Å². The van der Waals surface area contributed by atoms with Gasteiger partial charge in [0.05, 0.1) is 6.42 Å². The number of rotatable bonds is 6. The average Bonchev–Trinajstić information content (AvgIpc) is 2.94. The Bertz CT molecular complexity index is 942. The van der Waals surface area contributed by atoms with Crippen LogP contribution < -0.4 is 15.1 Å². The van der Waals surface area contributed by atoms with E-state index < -0.39 is 23.3 Å². The highest BCUT2D eigenvalue weighted by molar-refractivity contribution is 5.74. The molecule has 0 spiro atoms. The highest BCUT2D eigenvalue weighted by atomic mass is 16.7. The molecule has 0 radical (unpaired) electrons. The van der Waals surface area contributed by atoms with Crippen molar-refractivity contribution < 1.29 is 24.6 Å². The number of aromatic amines is 1. The summed E-state index contributed by atoms with van der Waals surface area (Å²) in [7, 11) is 0. The second-order valence-electron chi connectivity index (χ2n) is 5.42. The summed E-state index contributed by atoms with van der Waals surface area (Å²) < 4.78 is 6.16. The van der Waals surface area contributed by atoms with Gasteiger partial charge in [0, 0.05) is 23.9 Å². The van der Waals surface area contributed by atoms with E-state index in [4.69, 9.17) is 9.57 Å². The first-order chi connectivity index (χ1) is 12.5. The Kier molecular flexibility index (Phi) is 4.93. The molecule has 3 N–H and O–H groups in total. The average molecular weight is 356 g/mol. The van der Waals surface area contributed by atoms with Crippen LogP contribution in [0.5, 0.6) is 17.5 Å². The molecule has 1 aromatic carbocycles. The Morgan fingerprint density at radius 1 is 1.04 bits per heavy atom. The minimum absolute atomic E-state index is 0.00857. The fourth-order valence-corrected chi connectivity index (χ4v) is 2.32. The second-order valence-corrected chi connectivity index (χ2v) is 5.42. The van der Waals surface area contributed by atoms with Crippen molar-refractivity contribution in [3.8, 4) is 17.5 Å². The maximum absolute atomic E-state index is 12.1. The van der Waals surface area contributed by atoms with Crippen molar-refractivity contribution in [1.82, 2.24) is 9.71 Å². The number of benzene rings is 1. The van der Waals surface area contributed by atoms with Crippen molar-refractivity contribution in [3.05, 3.63) is 76.2 Å². The summed E-state index contributed by atoms with van der Waals surface area (Å²) in [5, 5.41) is 19.0. The number of ether oxygens (including phenoxy) is 1. The lowest BCUT2D eigenvalue weighted by Crippen LogP contribution is -2.22. The van der Waals surface area contributed by atoms with Gasteiger partial charge in [-0.3, -0.25) is 4.79 Å². The third kappa shape index (κ3) is 3.86. The Morgan fingerprint density at radius 2 is 1.73 bits per heavy atom. The molecule has 8 nitrogen and oxygen atoms in total. The van der Waals surface area contributed by atoms with Crippen LogP contribution in [-0.4, -0.2) is 25.9 Å². The number of H-pyrrole nitrogens is 1. The summed E-state index contributed by atoms with van der Waals surface area (Å²) in [6, 6.07) is 13.1. The van der Waals surface area contributed by atoms with E-state index in [1.807, 2.05) is 30.3 Å². The van der Waals surface area contributed by atoms with E-state index in [-0.39, 0.29) is 18.8 Å². The molecule has 0 aliphatic rings. The molecule has 0 unspecified atom stereocenters. The Hall–Kier alpha value is -3.68. The number of hydrogen-bond acceptors (Lipinski definition) is 6. The van der Waals surface area contributed by atoms with E-state index in [1.54, 1.807) is 0 Å². The van der Waals surface area contributed by atoms with E-state index in [0.29, 0.717) is 10.3 Å². The summed E-state index contributed by atoms with van der Waals surface area (Å²) in [4.78, 5) is 31.5. The Balaban J connectivity index is 1.74. The summed E-state index contributed by atoms with van der Waals surface area (Å²) >= 11 is 0. The quantitative estimate of drug-likeness (QED) is 0.615. The van der Waals surface area contributed by atoms with Crippen molar-refractivity contribution in [3.63, 3.8) is 0 Å². The van der Waals surface area contributed by atoms with Crippen LogP contribution >= 0.6 is 0 Å². The topological polar surface area (TPSA) is 114 Å². The molecule has 0 aliphatic heterocycles. The van der Waals surface area contributed by atoms with Crippen molar-refractivity contribution in [2.45, 2.75) is 13.0 Å². The number of hydrogen-bond donors (Lipinski definition) is 3. The fraction of sp³-hybridized carbons (Fsp3) is 0.111. The molecule has 2 aromatic heterocycles. The van der Waals surface area contributed by atoms with Gasteiger partial charge in [0.15, 0.2) is 5.75 Å². The largest absolute Gasteiger partial charge is 0.492 e. The maximum atomic E-state index is 12.1. The van der Waals surface area contributed by atoms with Gasteiger partial charge in [0.1, 0.15) is 6.61 Å². The standard InChI is InChI=1S/C18H16N2O6/c21-14-6-7-15(22)20(14)26-16(23)10-13-8-9-19-18(24)17(13)25-11-12-4-2-1-3-5-12/h1-9,21-22H,10-11H2,(H,19,24). The van der Waals surface area contributed by atoms with Crippen LogP contribution in [0.1, 0.15) is 11.1 Å². The van der Waals surface area contributed by atoms with E-state index >= 15 is 0 Å². The van der Waals surface area contributed by atoms with E-state index in [9.17, 15) is 19.8 Å². The van der Waals surface area contributed by atoms with Gasteiger partial charge < -0.3 is 24.8 Å². The molecule has 0 atom stereocenters. The number of pyridine rings is 1. The van der Waals surface area contributed by atoms with E-state index in [2.05, 4.69) is 4.98 Å². The minimum Gasteiger partial charge on any atom is -0.492 e. The van der Waals surface area contributed by atoms with Crippen LogP contribution in [0.4, 0.5) is 0 Å². The van der Waals surface area contributed by atoms with Crippen molar-refractivity contribution >= 4 is 5.97 Å². The first-order valence-electron chi connectivity index (χ1n) is 7.72. The molecular formula is C18H16N2O6. The zero-order valence-electron chi connectivity index (χ0n) is 13.6. The normalized spacial score (nSPS) is 10.5. The van der Waals surface area contributed by atoms with Crippen molar-refractivity contribution in [1.29, 1.82) is 0 Å². The lowest BCUT2D eigenvalue weighted by molar-refractivity contribution is -0.144. The molecule has 3 aromatic rings. The molecule has 8 heteroatoms. The van der Waals surface area contributed by atoms with Crippen LogP contribution in [-0.2, 0) is 17.8 Å². The lowest BCUT2D eigenvalue weighted by Gasteiger charge is -2.11. The zero-order valence-corrected chi connectivity index (χ0v) is 13.6. The number of carbonyl (C=O) groups excluding carboxylic acids is 1. The number of carbonyl (C=O) groups is 1. The summed E-state index contributed by atoms with van der Waals surface area (Å²) in [5.41, 5.74) is 0.713. The number of nitrogens with zero attached hydrogens (tertiary/aromatic N) is 1. The van der Waals surface area contributed by atoms with Crippen LogP contribution in [0.2, 0.25) is 0 Å². The summed E-state index contributed by atoms with van der Waals surface area (Å²) in [6.45, 7) is 0.162. The van der Waals surface area contributed by atoms with Gasteiger partial charge >= 0.3 is 5.97 Å². The molecule has 134 valence electrons. The summed E-state index contributed by atoms with van der Waals surface area (Å²) in [6.07, 6.45) is 1.11. The highest BCUT2D eigenvalue weighted by Gasteiger charge is 2.17. The lowest BCUT2D eigenvalue weighted by atomic mass is 10.2. The first-order valence-corrected chi connectivity index (χ1v) is 7.72. The predicted molar refractivity (Wildman–Crippen MR) is 90.9 cm³/mol. The molecule has 0 aliphatic carbocycles. The van der Waals surface area contributed by atoms with Gasteiger partial charge in [-0.1, -0.05) is 30.3 Å². The van der Waals surface area contributed by atoms with Crippen LogP contribution in [0.3, 0.4) is 0 Å². The monoisotopic (exact) mass is 356 g/mol. The minimum atomic E-state index is -0.790. The maximum Gasteiger partial charge on any atom is 0.337 e. The molecular weight excluding hydrogens is 340 g/mol. The van der Waals surface area contributed by atoms with Gasteiger partial charge in [-0.05, 0) is 11.6 Å². The third-order valence-corrected chi connectivity index (χ3v) is 3.55.